The molecule has 19 nitrogen and oxygen atoms in total. The Morgan fingerprint density at radius 3 is 1.65 bits per heavy atom. The lowest BCUT2D eigenvalue weighted by Crippen LogP contribution is -2.44. The predicted molar refractivity (Wildman–Crippen MR) is 316 cm³/mol. The van der Waals surface area contributed by atoms with Gasteiger partial charge in [0.05, 0.1) is 94.0 Å². The standard InChI is InChI=1S/C34H27F4N5O5S.C27H24F3N5O4S/c1-4-27-40-28-22(29(41-27)47-25-16-46-17-26(25)48-30(44)18-8-6-5-7-9-18)12-21(14-24(28)35)43-32(49)42(31(45)33(43,2)3)20-11-10-19(15-39)23(13-20)34(36,37)38;1-4-22-32-19-8-7-16(9-17(19)23(33-22)39-21-13-38-12-20(21)36)35-25(40)34(24(37)26(35,2)3)15-6-5-14(11-31)18(10-15)27(28,29)30/h5-14,25-26H,4,16-17H2,1-3H3;5-10,20-21,36H,4,12-13H2,1-3H3/t25?,26-;20-,21?/m11/s1. The van der Waals surface area contributed by atoms with Crippen LogP contribution in [0.4, 0.5) is 53.5 Å². The summed E-state index contributed by atoms with van der Waals surface area (Å²) in [6.45, 7) is 10.3. The summed E-state index contributed by atoms with van der Waals surface area (Å²) in [6, 6.07) is 25.0. The lowest BCUT2D eigenvalue weighted by molar-refractivity contribution is -0.138. The maximum Gasteiger partial charge on any atom is 0.417 e. The van der Waals surface area contributed by atoms with E-state index in [2.05, 4.69) is 19.9 Å². The van der Waals surface area contributed by atoms with E-state index >= 15 is 4.39 Å². The van der Waals surface area contributed by atoms with Crippen molar-refractivity contribution in [3.63, 3.8) is 0 Å². The van der Waals surface area contributed by atoms with E-state index in [-0.39, 0.29) is 82.2 Å². The van der Waals surface area contributed by atoms with E-state index in [1.54, 1.807) is 74.2 Å². The van der Waals surface area contributed by atoms with Crippen LogP contribution in [0.3, 0.4) is 0 Å². The van der Waals surface area contributed by atoms with Gasteiger partial charge in [-0.1, -0.05) is 32.0 Å². The van der Waals surface area contributed by atoms with Crippen LogP contribution in [0.15, 0.2) is 97.1 Å². The second-order valence-corrected chi connectivity index (χ2v) is 22.4. The van der Waals surface area contributed by atoms with Gasteiger partial charge in [0.1, 0.15) is 34.3 Å². The predicted octanol–water partition coefficient (Wildman–Crippen LogP) is 10.3. The molecule has 0 saturated carbocycles. The molecule has 6 heterocycles. The highest BCUT2D eigenvalue weighted by atomic mass is 32.1. The monoisotopic (exact) mass is 1260 g/mol. The summed E-state index contributed by atoms with van der Waals surface area (Å²) < 4.78 is 127. The van der Waals surface area contributed by atoms with Crippen LogP contribution in [0.2, 0.25) is 0 Å². The number of aliphatic hydroxyl groups is 1. The van der Waals surface area contributed by atoms with Gasteiger partial charge in [-0.15, -0.1) is 0 Å². The van der Waals surface area contributed by atoms with Crippen molar-refractivity contribution in [2.75, 3.05) is 46.0 Å². The summed E-state index contributed by atoms with van der Waals surface area (Å²) in [7, 11) is 0. The van der Waals surface area contributed by atoms with Crippen LogP contribution in [0.25, 0.3) is 21.8 Å². The van der Waals surface area contributed by atoms with Crippen LogP contribution < -0.4 is 29.1 Å². The third-order valence-corrected chi connectivity index (χ3v) is 15.8. The molecule has 0 aliphatic carbocycles. The average molecular weight is 1270 g/mol. The molecule has 4 atom stereocenters. The molecule has 2 aromatic heterocycles. The first-order valence-electron chi connectivity index (χ1n) is 27.4. The first kappa shape index (κ1) is 63.0. The minimum absolute atomic E-state index is 0.0353. The van der Waals surface area contributed by atoms with E-state index < -0.39 is 93.7 Å². The first-order valence-corrected chi connectivity index (χ1v) is 28.3. The Hall–Kier alpha value is -9.06. The quantitative estimate of drug-likeness (QED) is 0.0681. The molecule has 0 spiro atoms. The topological polar surface area (TPSA) is 230 Å². The van der Waals surface area contributed by atoms with Crippen molar-refractivity contribution in [2.24, 2.45) is 0 Å². The van der Waals surface area contributed by atoms with Crippen molar-refractivity contribution in [1.29, 1.82) is 10.5 Å². The van der Waals surface area contributed by atoms with Gasteiger partial charge in [0.2, 0.25) is 11.8 Å². The molecule has 11 rings (SSSR count). The smallest absolute Gasteiger partial charge is 0.417 e. The van der Waals surface area contributed by atoms with Crippen LogP contribution in [0.1, 0.15) is 85.8 Å². The van der Waals surface area contributed by atoms with Crippen molar-refractivity contribution in [2.45, 2.75) is 102 Å². The van der Waals surface area contributed by atoms with Crippen molar-refractivity contribution < 1.29 is 73.9 Å². The Labute approximate surface area is 513 Å². The van der Waals surface area contributed by atoms with Gasteiger partial charge in [0.25, 0.3) is 11.8 Å². The number of aromatic nitrogens is 4. The van der Waals surface area contributed by atoms with E-state index in [4.69, 9.17) is 53.4 Å². The zero-order chi connectivity index (χ0) is 64.2. The van der Waals surface area contributed by atoms with Gasteiger partial charge in [-0.05, 0) is 131 Å². The zero-order valence-electron chi connectivity index (χ0n) is 47.9. The fourth-order valence-electron chi connectivity index (χ4n) is 10.4. The normalized spacial score (nSPS) is 19.8. The number of aryl methyl sites for hydroxylation is 2. The number of aliphatic hydroxyl groups excluding tert-OH is 1. The van der Waals surface area contributed by atoms with Crippen LogP contribution in [0.5, 0.6) is 11.8 Å². The number of carbonyl (C=O) groups excluding carboxylic acids is 3. The molecule has 460 valence electrons. The van der Waals surface area contributed by atoms with Crippen LogP contribution >= 0.6 is 24.4 Å². The van der Waals surface area contributed by atoms with E-state index in [0.29, 0.717) is 46.9 Å². The van der Waals surface area contributed by atoms with E-state index in [1.807, 2.05) is 6.92 Å². The molecule has 1 N–H and O–H groups in total. The number of halogens is 7. The minimum atomic E-state index is -4.88. The SMILES string of the molecule is CCc1nc(OC2COC[C@H]2O)c2cc(N3C(=S)N(c4ccc(C#N)c(C(F)(F)F)c4)C(=O)C3(C)C)ccc2n1.CCc1nc(OC2COC[C@H]2OC(=O)c2ccccc2)c2cc(N3C(=S)N(c4ccc(C#N)c(C(F)(F)F)c4)C(=O)C3(C)C)cc(F)c2n1. The lowest BCUT2D eigenvalue weighted by atomic mass is 10.0. The van der Waals surface area contributed by atoms with Crippen molar-refractivity contribution in [3.8, 4) is 23.9 Å². The molecule has 4 aliphatic rings. The fourth-order valence-corrected chi connectivity index (χ4v) is 11.5. The highest BCUT2D eigenvalue weighted by molar-refractivity contribution is 7.81. The Morgan fingerprint density at radius 2 is 1.12 bits per heavy atom. The van der Waals surface area contributed by atoms with E-state index in [0.717, 1.165) is 34.1 Å². The van der Waals surface area contributed by atoms with Gasteiger partial charge in [0.15, 0.2) is 34.4 Å². The number of anilines is 4. The number of hydrogen-bond acceptors (Lipinski definition) is 17. The molecule has 0 bridgehead atoms. The number of esters is 1. The van der Waals surface area contributed by atoms with Gasteiger partial charge in [-0.3, -0.25) is 19.4 Å². The number of benzene rings is 5. The number of carbonyl (C=O) groups is 3. The van der Waals surface area contributed by atoms with Gasteiger partial charge >= 0.3 is 18.3 Å². The third kappa shape index (κ3) is 11.9. The van der Waals surface area contributed by atoms with Crippen molar-refractivity contribution in [1.82, 2.24) is 19.9 Å². The number of fused-ring (bicyclic) bond motifs is 2. The number of amides is 2. The maximum atomic E-state index is 15.9. The number of rotatable bonds is 12. The second-order valence-electron chi connectivity index (χ2n) is 21.7. The van der Waals surface area contributed by atoms with Gasteiger partial charge in [-0.25, -0.2) is 19.2 Å². The Balaban J connectivity index is 0.000000200. The molecule has 2 unspecified atom stereocenters. The Bertz CT molecular complexity index is 4130. The van der Waals surface area contributed by atoms with Gasteiger partial charge in [0, 0.05) is 24.2 Å². The molecule has 2 amide bonds. The average Bonchev–Trinajstić information content (AvgIpc) is 1.62. The molecular formula is C61H51F7N10O9S2. The largest absolute Gasteiger partial charge is 0.468 e. The molecule has 0 radical (unpaired) electrons. The molecule has 4 fully saturated rings. The molecule has 7 aromatic rings. The highest BCUT2D eigenvalue weighted by Crippen LogP contribution is 2.44. The lowest BCUT2D eigenvalue weighted by Gasteiger charge is -2.30. The summed E-state index contributed by atoms with van der Waals surface area (Å²) in [5, 5.41) is 28.9. The number of thiocarbonyl (C=S) groups is 2. The zero-order valence-corrected chi connectivity index (χ0v) is 49.6. The van der Waals surface area contributed by atoms with Crippen LogP contribution in [-0.2, 0) is 49.0 Å². The number of alkyl halides is 6. The number of hydrogen-bond donors (Lipinski definition) is 1. The van der Waals surface area contributed by atoms with Gasteiger partial charge in [-0.2, -0.15) is 46.8 Å². The summed E-state index contributed by atoms with van der Waals surface area (Å²) in [6.07, 6.45) is -11.9. The van der Waals surface area contributed by atoms with Crippen LogP contribution in [0, 0.1) is 28.5 Å². The third-order valence-electron chi connectivity index (χ3n) is 15.1. The summed E-state index contributed by atoms with van der Waals surface area (Å²) in [5.74, 6) is -1.62. The Morgan fingerprint density at radius 1 is 0.640 bits per heavy atom. The number of nitriles is 2. The van der Waals surface area contributed by atoms with E-state index in [1.165, 1.54) is 49.1 Å². The molecule has 4 saturated heterocycles. The fraction of sp³-hybridized carbons (Fsp3) is 0.328. The number of nitrogens with zero attached hydrogens (tertiary/aromatic N) is 10. The summed E-state index contributed by atoms with van der Waals surface area (Å²) >= 11 is 11.3. The summed E-state index contributed by atoms with van der Waals surface area (Å²) in [4.78, 5) is 62.8. The second kappa shape index (κ2) is 24.1. The minimum Gasteiger partial charge on any atom is -0.468 e. The van der Waals surface area contributed by atoms with Crippen molar-refractivity contribution in [3.05, 3.63) is 142 Å². The maximum absolute atomic E-state index is 15.9. The Kier molecular flexibility index (Phi) is 17.1. The molecule has 4 aliphatic heterocycles. The molecule has 5 aromatic carbocycles. The first-order chi connectivity index (χ1) is 42.1. The molecule has 28 heteroatoms. The highest BCUT2D eigenvalue weighted by Gasteiger charge is 2.53. The number of ether oxygens (including phenoxy) is 5. The molecule has 89 heavy (non-hydrogen) atoms. The van der Waals surface area contributed by atoms with Crippen molar-refractivity contribution >= 4 is 97.0 Å². The van der Waals surface area contributed by atoms with Gasteiger partial charge < -0.3 is 38.6 Å². The van der Waals surface area contributed by atoms with Crippen LogP contribution in [-0.4, -0.2) is 115 Å². The molecular weight excluding hydrogens is 1210 g/mol. The van der Waals surface area contributed by atoms with E-state index in [9.17, 15) is 51.1 Å². The summed E-state index contributed by atoms with van der Waals surface area (Å²) in [5.41, 5.74) is -5.31.